The number of amides is 4. The van der Waals surface area contributed by atoms with Gasteiger partial charge in [0.2, 0.25) is 0 Å². The number of nitrogens with zero attached hydrogens (tertiary/aromatic N) is 16. The Morgan fingerprint density at radius 1 is 0.387 bits per heavy atom. The highest BCUT2D eigenvalue weighted by atomic mass is 35.5. The van der Waals surface area contributed by atoms with Gasteiger partial charge in [-0.3, -0.25) is 37.9 Å². The monoisotopic (exact) mass is 1930 g/mol. The average molecular weight is 1930 g/mol. The number of aryl methyl sites for hydroxylation is 5. The molecule has 0 bridgehead atoms. The van der Waals surface area contributed by atoms with Crippen LogP contribution in [0.5, 0.6) is 23.0 Å². The van der Waals surface area contributed by atoms with Gasteiger partial charge in [0.05, 0.1) is 143 Å². The second kappa shape index (κ2) is 47.6. The van der Waals surface area contributed by atoms with E-state index in [0.29, 0.717) is 140 Å². The molecule has 137 heavy (non-hydrogen) atoms. The minimum atomic E-state index is -2.89. The van der Waals surface area contributed by atoms with Gasteiger partial charge in [0.15, 0.2) is 16.7 Å². The van der Waals surface area contributed by atoms with Crippen LogP contribution in [0.15, 0.2) is 73.3 Å². The van der Waals surface area contributed by atoms with Gasteiger partial charge >= 0.3 is 48.3 Å². The zero-order chi connectivity index (χ0) is 97.8. The van der Waals surface area contributed by atoms with Crippen LogP contribution in [0.3, 0.4) is 0 Å². The van der Waals surface area contributed by atoms with Crippen molar-refractivity contribution in [3.8, 4) is 68.0 Å². The SMILES string of the molecule is CN(C(=O)OCc1c(-c2ccc(O[C@H]3CCC[C@H](C(=O)O)C3)c(C(F)F)n2)cnn1C)C1CCCC1.CN(C(=O)OCc1c(-c2ccc(O[C@H]3CCC[C@H](C(=O)O)C3)c(Cl)n2)cnn1C)C1CCCC1.CN(C(=O)OCc1c(-c2ccc(O[C@H]3CCC[C@H](C(=O)O)C3)c(F)n2)cnn1C)C1CCCC1.Cc1nc(-c2cnn(C)c2COC(=O)N(C)C2COC2)ccc1O[C@H]1CCC[C@H](C(=O)O)C1. The Balaban J connectivity index is 0.000000154. The molecule has 41 heteroatoms. The van der Waals surface area contributed by atoms with E-state index >= 15 is 0 Å². The molecule has 9 heterocycles. The molecule has 4 N–H and O–H groups in total. The maximum atomic E-state index is 14.8. The van der Waals surface area contributed by atoms with Crippen LogP contribution in [0, 0.1) is 36.5 Å². The van der Waals surface area contributed by atoms with E-state index < -0.39 is 84.1 Å². The summed E-state index contributed by atoms with van der Waals surface area (Å²) in [6.45, 7) is 2.96. The molecule has 0 unspecified atom stereocenters. The number of alkyl halides is 2. The number of carboxylic acids is 4. The number of ether oxygens (including phenoxy) is 9. The fourth-order valence-corrected chi connectivity index (χ4v) is 19.1. The molecule has 0 spiro atoms. The lowest BCUT2D eigenvalue weighted by Gasteiger charge is -2.33. The first-order valence-electron chi connectivity index (χ1n) is 47.1. The summed E-state index contributed by atoms with van der Waals surface area (Å²) in [6, 6.07) is 14.0. The highest BCUT2D eigenvalue weighted by Gasteiger charge is 2.37. The number of likely N-dealkylation sites (N-methyl/N-ethyl adjacent to an activating group) is 1. The van der Waals surface area contributed by atoms with E-state index in [-0.39, 0.29) is 110 Å². The standard InChI is InChI=1S/C25H32F2N4O5.C24H31ClN4O5.C24H31FN4O5.C23H30N4O6/c1-30(16-7-3-4-8-16)25(34)35-14-20-18(13-28-31(20)2)19-10-11-21(22(29-19)23(26)27)36-17-9-5-6-15(12-17)24(32)33;2*1-28(16-7-3-4-8-16)24(32)33-14-20-18(13-26-29(20)2)19-10-11-21(22(25)27-19)34-17-9-5-6-15(12-17)23(30)31;1-14-21(33-17-6-4-5-15(9-17)22(28)29)8-7-19(25-14)18-10-24-27(3)20(18)13-32-23(30)26(2)16-11-31-12-16/h10-11,13,15-17,23H,3-9,12,14H2,1-2H3,(H,32,33);2*10-11,13,15-17H,3-9,12,14H2,1-2H3,(H,30,31);7-8,10,15-17H,4-6,9,11-13H2,1-3H3,(H,28,29)/t4*15-,17-/m0000/s1. The molecular formula is C96H124ClF3N16O21. The number of rotatable bonds is 29. The predicted molar refractivity (Wildman–Crippen MR) is 490 cm³/mol. The van der Waals surface area contributed by atoms with E-state index in [1.165, 1.54) is 23.0 Å². The van der Waals surface area contributed by atoms with Gasteiger partial charge < -0.3 is 82.7 Å². The van der Waals surface area contributed by atoms with Crippen LogP contribution in [0.2, 0.25) is 5.15 Å². The molecule has 4 amide bonds. The zero-order valence-electron chi connectivity index (χ0n) is 78.9. The molecule has 8 aromatic rings. The summed E-state index contributed by atoms with van der Waals surface area (Å²) in [5, 5.41) is 54.4. The van der Waals surface area contributed by atoms with Crippen molar-refractivity contribution in [2.75, 3.05) is 41.4 Å². The summed E-state index contributed by atoms with van der Waals surface area (Å²) in [5.41, 5.74) is 7.20. The van der Waals surface area contributed by atoms with Crippen LogP contribution in [-0.2, 0) is 97.5 Å². The van der Waals surface area contributed by atoms with Crippen LogP contribution in [-0.4, -0.2) is 237 Å². The van der Waals surface area contributed by atoms with Gasteiger partial charge in [-0.25, -0.2) is 47.9 Å². The van der Waals surface area contributed by atoms with Crippen molar-refractivity contribution in [2.45, 2.75) is 268 Å². The van der Waals surface area contributed by atoms with Gasteiger partial charge in [-0.2, -0.15) is 24.8 Å². The van der Waals surface area contributed by atoms with Crippen LogP contribution >= 0.6 is 11.6 Å². The van der Waals surface area contributed by atoms with Gasteiger partial charge in [-0.1, -0.05) is 50.1 Å². The van der Waals surface area contributed by atoms with Crippen molar-refractivity contribution < 1.29 is 115 Å². The Hall–Kier alpha value is -12.4. The van der Waals surface area contributed by atoms with Crippen LogP contribution in [0.25, 0.3) is 45.0 Å². The lowest BCUT2D eigenvalue weighted by molar-refractivity contribution is -0.144. The molecule has 742 valence electrons. The number of aliphatic carboxylic acids is 4. The second-order valence-corrected chi connectivity index (χ2v) is 36.9. The number of carbonyl (C=O) groups is 8. The van der Waals surface area contributed by atoms with Crippen molar-refractivity contribution in [2.24, 2.45) is 51.9 Å². The zero-order valence-corrected chi connectivity index (χ0v) is 79.6. The lowest BCUT2D eigenvalue weighted by atomic mass is 9.87. The molecule has 7 aliphatic carbocycles. The summed E-state index contributed by atoms with van der Waals surface area (Å²) in [7, 11) is 14.0. The summed E-state index contributed by atoms with van der Waals surface area (Å²) < 4.78 is 100. The highest BCUT2D eigenvalue weighted by molar-refractivity contribution is 6.31. The van der Waals surface area contributed by atoms with Crippen molar-refractivity contribution in [1.82, 2.24) is 78.7 Å². The molecule has 8 fully saturated rings. The van der Waals surface area contributed by atoms with E-state index in [0.717, 1.165) is 126 Å². The van der Waals surface area contributed by atoms with Crippen molar-refractivity contribution in [3.05, 3.63) is 119 Å². The smallest absolute Gasteiger partial charge is 0.410 e. The van der Waals surface area contributed by atoms with Crippen molar-refractivity contribution >= 4 is 59.9 Å². The maximum Gasteiger partial charge on any atom is 0.410 e. The first-order chi connectivity index (χ1) is 65.7. The molecule has 0 aromatic carbocycles. The highest BCUT2D eigenvalue weighted by Crippen LogP contribution is 2.41. The number of carboxylic acid groups (broad SMARTS) is 4. The number of aromatic nitrogens is 12. The van der Waals surface area contributed by atoms with E-state index in [9.17, 15) is 72.0 Å². The molecule has 1 saturated heterocycles. The van der Waals surface area contributed by atoms with Crippen LogP contribution in [0.1, 0.15) is 220 Å². The number of halogens is 4. The average Bonchev–Trinajstić information content (AvgIpc) is 1.74. The Morgan fingerprint density at radius 2 is 0.672 bits per heavy atom. The molecule has 7 saturated carbocycles. The Kier molecular flexibility index (Phi) is 35.5. The van der Waals surface area contributed by atoms with E-state index in [1.807, 2.05) is 19.1 Å². The Bertz CT molecular complexity index is 5340. The fourth-order valence-electron chi connectivity index (χ4n) is 18.9. The van der Waals surface area contributed by atoms with Gasteiger partial charge in [-0.15, -0.1) is 0 Å². The summed E-state index contributed by atoms with van der Waals surface area (Å²) >= 11 is 6.43. The van der Waals surface area contributed by atoms with Gasteiger partial charge in [-0.05, 0) is 197 Å². The third kappa shape index (κ3) is 26.5. The topological polar surface area (TPSA) is 436 Å². The molecule has 8 aliphatic rings. The second-order valence-electron chi connectivity index (χ2n) is 36.6. The Labute approximate surface area is 797 Å². The third-order valence-electron chi connectivity index (χ3n) is 27.5. The van der Waals surface area contributed by atoms with Crippen LogP contribution < -0.4 is 18.9 Å². The number of hydrogen-bond donors (Lipinski definition) is 4. The first-order valence-corrected chi connectivity index (χ1v) is 47.5. The van der Waals surface area contributed by atoms with Crippen molar-refractivity contribution in [3.63, 3.8) is 0 Å². The molecule has 37 nitrogen and oxygen atoms in total. The molecule has 0 radical (unpaired) electrons. The molecule has 16 rings (SSSR count). The largest absolute Gasteiger partial charge is 0.489 e. The van der Waals surface area contributed by atoms with E-state index in [1.54, 1.807) is 133 Å². The molecule has 8 atom stereocenters. The third-order valence-corrected chi connectivity index (χ3v) is 27.7. The fraction of sp³-hybridized carbons (Fsp3) is 0.583. The minimum Gasteiger partial charge on any atom is -0.489 e. The van der Waals surface area contributed by atoms with Gasteiger partial charge in [0.25, 0.3) is 12.4 Å². The quantitative estimate of drug-likeness (QED) is 0.0250. The van der Waals surface area contributed by atoms with Gasteiger partial charge in [0, 0.05) is 96.8 Å². The molecule has 1 aliphatic heterocycles. The summed E-state index contributed by atoms with van der Waals surface area (Å²) in [5.74, 6) is -4.80. The molecule has 8 aromatic heterocycles. The maximum absolute atomic E-state index is 14.8. The Morgan fingerprint density at radius 3 is 0.978 bits per heavy atom. The van der Waals surface area contributed by atoms with E-state index in [2.05, 4.69) is 40.3 Å². The summed E-state index contributed by atoms with van der Waals surface area (Å²) in [4.78, 5) is 119. The first kappa shape index (κ1) is 102. The van der Waals surface area contributed by atoms with E-state index in [4.69, 9.17) is 54.2 Å². The summed E-state index contributed by atoms with van der Waals surface area (Å²) in [6.07, 6.45) is 23.4. The predicted octanol–water partition coefficient (Wildman–Crippen LogP) is 16.6. The minimum absolute atomic E-state index is 0.00477. The lowest BCUT2D eigenvalue weighted by Crippen LogP contribution is -2.49. The number of pyridine rings is 4. The van der Waals surface area contributed by atoms with Crippen molar-refractivity contribution in [1.29, 1.82) is 0 Å². The number of carbonyl (C=O) groups excluding carboxylic acids is 4. The van der Waals surface area contributed by atoms with Gasteiger partial charge in [0.1, 0.15) is 43.6 Å². The molecular weight excluding hydrogens is 1810 g/mol. The number of hydrogen-bond acceptors (Lipinski definition) is 25. The van der Waals surface area contributed by atoms with Crippen LogP contribution in [0.4, 0.5) is 32.3 Å². The normalized spacial score (nSPS) is 20.7.